The van der Waals surface area contributed by atoms with E-state index in [1.165, 1.54) is 5.56 Å². The van der Waals surface area contributed by atoms with Crippen LogP contribution in [0.25, 0.3) is 11.4 Å². The summed E-state index contributed by atoms with van der Waals surface area (Å²) in [6, 6.07) is 11.7. The normalized spacial score (nSPS) is 10.7. The van der Waals surface area contributed by atoms with E-state index in [-0.39, 0.29) is 5.91 Å². The Morgan fingerprint density at radius 1 is 1.08 bits per heavy atom. The number of aryl methyl sites for hydroxylation is 3. The van der Waals surface area contributed by atoms with Crippen LogP contribution in [0.3, 0.4) is 0 Å². The topological polar surface area (TPSA) is 59.8 Å². The summed E-state index contributed by atoms with van der Waals surface area (Å²) in [5.41, 5.74) is 5.62. The lowest BCUT2D eigenvalue weighted by atomic mass is 9.99. The molecule has 0 aliphatic heterocycles. The monoisotopic (exact) mass is 334 g/mol. The Balaban J connectivity index is 1.60. The number of nitrogens with one attached hydrogen (secondary N) is 1. The van der Waals surface area contributed by atoms with Gasteiger partial charge in [-0.3, -0.25) is 14.5 Å². The number of hydrogen-bond donors (Lipinski definition) is 1. The zero-order valence-electron chi connectivity index (χ0n) is 14.8. The molecule has 2 heterocycles. The minimum Gasteiger partial charge on any atom is -0.350 e. The number of rotatable bonds is 5. The molecule has 0 spiro atoms. The van der Waals surface area contributed by atoms with E-state index >= 15 is 0 Å². The van der Waals surface area contributed by atoms with Gasteiger partial charge in [0.25, 0.3) is 5.91 Å². The summed E-state index contributed by atoms with van der Waals surface area (Å²) in [6.45, 7) is 7.12. The molecule has 1 amide bonds. The lowest BCUT2D eigenvalue weighted by molar-refractivity contribution is 0.0950. The molecule has 1 aromatic carbocycles. The molecular weight excluding hydrogens is 312 g/mol. The molecule has 0 saturated carbocycles. The number of hydrogen-bond acceptors (Lipinski definition) is 3. The van der Waals surface area contributed by atoms with Crippen LogP contribution >= 0.6 is 0 Å². The predicted octanol–water partition coefficient (Wildman–Crippen LogP) is 3.30. The maximum absolute atomic E-state index is 12.5. The molecule has 0 fully saturated rings. The van der Waals surface area contributed by atoms with E-state index in [1.54, 1.807) is 6.20 Å². The van der Waals surface area contributed by atoms with Gasteiger partial charge in [0.15, 0.2) is 0 Å². The van der Waals surface area contributed by atoms with Crippen molar-refractivity contribution in [3.63, 3.8) is 0 Å². The van der Waals surface area contributed by atoms with Gasteiger partial charge in [-0.25, -0.2) is 0 Å². The van der Waals surface area contributed by atoms with Gasteiger partial charge in [-0.15, -0.1) is 0 Å². The number of carbonyl (C=O) groups excluding carboxylic acids is 1. The van der Waals surface area contributed by atoms with Crippen LogP contribution in [0.4, 0.5) is 0 Å². The van der Waals surface area contributed by atoms with Crippen LogP contribution in [0.2, 0.25) is 0 Å². The second-order valence-electron chi connectivity index (χ2n) is 6.21. The zero-order chi connectivity index (χ0) is 17.8. The number of nitrogens with zero attached hydrogens (tertiary/aromatic N) is 3. The smallest absolute Gasteiger partial charge is 0.251 e. The summed E-state index contributed by atoms with van der Waals surface area (Å²) in [7, 11) is 0. The molecule has 0 unspecified atom stereocenters. The van der Waals surface area contributed by atoms with Gasteiger partial charge in [-0.2, -0.15) is 5.10 Å². The second kappa shape index (κ2) is 7.30. The fraction of sp³-hybridized carbons (Fsp3) is 0.250. The van der Waals surface area contributed by atoms with Crippen molar-refractivity contribution in [2.24, 2.45) is 0 Å². The molecule has 1 N–H and O–H groups in total. The Morgan fingerprint density at radius 3 is 2.52 bits per heavy atom. The lowest BCUT2D eigenvalue weighted by Gasteiger charge is -2.11. The summed E-state index contributed by atoms with van der Waals surface area (Å²) in [5, 5.41) is 7.48. The summed E-state index contributed by atoms with van der Waals surface area (Å²) >= 11 is 0. The molecule has 0 radical (unpaired) electrons. The molecule has 0 aliphatic rings. The van der Waals surface area contributed by atoms with E-state index < -0.39 is 0 Å². The number of pyridine rings is 1. The largest absolute Gasteiger partial charge is 0.350 e. The number of carbonyl (C=O) groups is 1. The standard InChI is InChI=1S/C20H22N4O/c1-14-12-15(2)19(16(3)13-14)20(25)22-9-11-24-10-7-18(23-24)17-6-4-5-8-21-17/h4-8,10,12-13H,9,11H2,1-3H3,(H,22,25). The molecule has 25 heavy (non-hydrogen) atoms. The molecule has 0 bridgehead atoms. The van der Waals surface area contributed by atoms with Crippen molar-refractivity contribution in [2.75, 3.05) is 6.54 Å². The average molecular weight is 334 g/mol. The van der Waals surface area contributed by atoms with E-state index in [9.17, 15) is 4.79 Å². The first-order chi connectivity index (χ1) is 12.0. The molecule has 128 valence electrons. The highest BCUT2D eigenvalue weighted by molar-refractivity contribution is 5.97. The fourth-order valence-electron chi connectivity index (χ4n) is 3.05. The highest BCUT2D eigenvalue weighted by Crippen LogP contribution is 2.16. The third kappa shape index (κ3) is 3.94. The van der Waals surface area contributed by atoms with E-state index in [1.807, 2.05) is 68.0 Å². The van der Waals surface area contributed by atoms with E-state index in [0.717, 1.165) is 28.1 Å². The van der Waals surface area contributed by atoms with Crippen molar-refractivity contribution in [3.8, 4) is 11.4 Å². The van der Waals surface area contributed by atoms with Crippen molar-refractivity contribution in [2.45, 2.75) is 27.3 Å². The number of benzene rings is 1. The molecule has 2 aromatic heterocycles. The SMILES string of the molecule is Cc1cc(C)c(C(=O)NCCn2ccc(-c3ccccn3)n2)c(C)c1. The van der Waals surface area contributed by atoms with Gasteiger partial charge in [0.2, 0.25) is 0 Å². The molecular formula is C20H22N4O. The van der Waals surface area contributed by atoms with Gasteiger partial charge < -0.3 is 5.32 Å². The van der Waals surface area contributed by atoms with Crippen LogP contribution in [0.1, 0.15) is 27.0 Å². The summed E-state index contributed by atoms with van der Waals surface area (Å²) in [5.74, 6) is -0.0351. The summed E-state index contributed by atoms with van der Waals surface area (Å²) < 4.78 is 1.82. The third-order valence-electron chi connectivity index (χ3n) is 4.10. The maximum atomic E-state index is 12.5. The Kier molecular flexibility index (Phi) is 4.93. The van der Waals surface area contributed by atoms with Gasteiger partial charge in [-0.1, -0.05) is 23.8 Å². The minimum atomic E-state index is -0.0351. The van der Waals surface area contributed by atoms with Crippen LogP contribution in [-0.4, -0.2) is 27.2 Å². The molecule has 5 nitrogen and oxygen atoms in total. The van der Waals surface area contributed by atoms with Gasteiger partial charge >= 0.3 is 0 Å². The van der Waals surface area contributed by atoms with E-state index in [0.29, 0.717) is 13.1 Å². The van der Waals surface area contributed by atoms with Gasteiger partial charge in [-0.05, 0) is 50.1 Å². The van der Waals surface area contributed by atoms with Crippen LogP contribution in [0, 0.1) is 20.8 Å². The highest BCUT2D eigenvalue weighted by atomic mass is 16.1. The Labute approximate surface area is 147 Å². The van der Waals surface area contributed by atoms with Crippen LogP contribution in [0.5, 0.6) is 0 Å². The maximum Gasteiger partial charge on any atom is 0.251 e. The zero-order valence-corrected chi connectivity index (χ0v) is 14.8. The third-order valence-corrected chi connectivity index (χ3v) is 4.10. The van der Waals surface area contributed by atoms with Crippen LogP contribution in [-0.2, 0) is 6.54 Å². The first-order valence-corrected chi connectivity index (χ1v) is 8.35. The van der Waals surface area contributed by atoms with Crippen molar-refractivity contribution in [3.05, 3.63) is 71.0 Å². The number of aromatic nitrogens is 3. The highest BCUT2D eigenvalue weighted by Gasteiger charge is 2.12. The molecule has 3 aromatic rings. The minimum absolute atomic E-state index is 0.0351. The first kappa shape index (κ1) is 16.9. The molecule has 0 atom stereocenters. The average Bonchev–Trinajstić information content (AvgIpc) is 3.03. The number of amides is 1. The molecule has 0 saturated heterocycles. The Hall–Kier alpha value is -2.95. The quantitative estimate of drug-likeness (QED) is 0.779. The summed E-state index contributed by atoms with van der Waals surface area (Å²) in [6.07, 6.45) is 3.65. The van der Waals surface area contributed by atoms with Crippen molar-refractivity contribution < 1.29 is 4.79 Å². The lowest BCUT2D eigenvalue weighted by Crippen LogP contribution is -2.28. The second-order valence-corrected chi connectivity index (χ2v) is 6.21. The molecule has 5 heteroatoms. The van der Waals surface area contributed by atoms with Gasteiger partial charge in [0.05, 0.1) is 12.2 Å². The Bertz CT molecular complexity index is 861. The van der Waals surface area contributed by atoms with E-state index in [4.69, 9.17) is 0 Å². The molecule has 0 aliphatic carbocycles. The summed E-state index contributed by atoms with van der Waals surface area (Å²) in [4.78, 5) is 16.8. The van der Waals surface area contributed by atoms with Gasteiger partial charge in [0.1, 0.15) is 5.69 Å². The molecule has 3 rings (SSSR count). The van der Waals surface area contributed by atoms with Crippen molar-refractivity contribution in [1.82, 2.24) is 20.1 Å². The van der Waals surface area contributed by atoms with Crippen LogP contribution in [0.15, 0.2) is 48.8 Å². The van der Waals surface area contributed by atoms with Crippen molar-refractivity contribution >= 4 is 5.91 Å². The fourth-order valence-corrected chi connectivity index (χ4v) is 3.05. The van der Waals surface area contributed by atoms with Crippen LogP contribution < -0.4 is 5.32 Å². The van der Waals surface area contributed by atoms with Crippen molar-refractivity contribution in [1.29, 1.82) is 0 Å². The first-order valence-electron chi connectivity index (χ1n) is 8.35. The predicted molar refractivity (Wildman–Crippen MR) is 98.4 cm³/mol. The Morgan fingerprint density at radius 2 is 1.84 bits per heavy atom. The van der Waals surface area contributed by atoms with Gasteiger partial charge in [0, 0.05) is 24.5 Å². The van der Waals surface area contributed by atoms with E-state index in [2.05, 4.69) is 15.4 Å².